The van der Waals surface area contributed by atoms with Crippen LogP contribution in [0.15, 0.2) is 36.5 Å². The Balaban J connectivity index is 2.42. The van der Waals surface area contributed by atoms with Crippen LogP contribution in [0.2, 0.25) is 0 Å². The Kier molecular flexibility index (Phi) is 3.89. The summed E-state index contributed by atoms with van der Waals surface area (Å²) < 4.78 is 33.8. The Hall–Kier alpha value is -3.02. The zero-order valence-corrected chi connectivity index (χ0v) is 12.9. The van der Waals surface area contributed by atoms with Crippen LogP contribution in [0.25, 0.3) is 22.0 Å². The number of nitrogens with zero attached hydrogens (tertiary/aromatic N) is 1. The summed E-state index contributed by atoms with van der Waals surface area (Å²) >= 11 is 0. The summed E-state index contributed by atoms with van der Waals surface area (Å²) in [6, 6.07) is 6.60. The van der Waals surface area contributed by atoms with Crippen LogP contribution in [-0.2, 0) is 0 Å². The molecule has 3 aromatic rings. The zero-order valence-electron chi connectivity index (χ0n) is 12.9. The molecule has 1 heterocycles. The number of carboxylic acid groups (broad SMARTS) is 1. The van der Waals surface area contributed by atoms with E-state index in [0.29, 0.717) is 16.5 Å². The summed E-state index contributed by atoms with van der Waals surface area (Å²) in [6.07, 6.45) is 1.43. The van der Waals surface area contributed by atoms with Gasteiger partial charge in [0.15, 0.2) is 11.6 Å². The molecule has 0 atom stereocenters. The van der Waals surface area contributed by atoms with Gasteiger partial charge in [-0.25, -0.2) is 13.6 Å². The number of aromatic carboxylic acids is 1. The van der Waals surface area contributed by atoms with Crippen molar-refractivity contribution in [1.29, 1.82) is 0 Å². The predicted octanol–water partition coefficient (Wildman–Crippen LogP) is 4.20. The summed E-state index contributed by atoms with van der Waals surface area (Å²) in [5, 5.41) is 9.59. The molecule has 0 unspecified atom stereocenters. The summed E-state index contributed by atoms with van der Waals surface area (Å²) in [6.45, 7) is 1.70. The lowest BCUT2D eigenvalue weighted by Crippen LogP contribution is -2.00. The molecule has 0 aliphatic rings. The number of methoxy groups -OCH3 is 1. The van der Waals surface area contributed by atoms with Crippen molar-refractivity contribution >= 4 is 16.9 Å². The molecule has 3 rings (SSSR count). The minimum Gasteiger partial charge on any atom is -0.494 e. The van der Waals surface area contributed by atoms with E-state index in [2.05, 4.69) is 4.98 Å². The van der Waals surface area contributed by atoms with E-state index in [1.54, 1.807) is 6.92 Å². The highest BCUT2D eigenvalue weighted by Gasteiger charge is 2.20. The number of carboxylic acids is 1. The highest BCUT2D eigenvalue weighted by Crippen LogP contribution is 2.36. The minimum atomic E-state index is -1.12. The van der Waals surface area contributed by atoms with Gasteiger partial charge in [0.05, 0.1) is 23.8 Å². The number of hydrogen-bond donors (Lipinski definition) is 1. The fraction of sp³-hybridized carbons (Fsp3) is 0.111. The van der Waals surface area contributed by atoms with Crippen molar-refractivity contribution in [3.63, 3.8) is 0 Å². The van der Waals surface area contributed by atoms with E-state index < -0.39 is 17.6 Å². The van der Waals surface area contributed by atoms with Gasteiger partial charge in [-0.3, -0.25) is 4.98 Å². The minimum absolute atomic E-state index is 0.0259. The van der Waals surface area contributed by atoms with E-state index in [0.717, 1.165) is 6.07 Å². The SMILES string of the molecule is COc1ccc(F)c(-c2ccnc3c(C)cc(C(=O)O)cc23)c1F. The average Bonchev–Trinajstić information content (AvgIpc) is 2.55. The predicted molar refractivity (Wildman–Crippen MR) is 85.3 cm³/mol. The molecule has 0 saturated heterocycles. The lowest BCUT2D eigenvalue weighted by molar-refractivity contribution is 0.0697. The Labute approximate surface area is 136 Å². The number of pyridine rings is 1. The molecule has 0 saturated carbocycles. The van der Waals surface area contributed by atoms with Gasteiger partial charge in [-0.1, -0.05) is 0 Å². The quantitative estimate of drug-likeness (QED) is 0.782. The van der Waals surface area contributed by atoms with Crippen molar-refractivity contribution in [2.45, 2.75) is 6.92 Å². The van der Waals surface area contributed by atoms with Crippen LogP contribution in [0.1, 0.15) is 15.9 Å². The third kappa shape index (κ3) is 2.46. The number of hydrogen-bond acceptors (Lipinski definition) is 3. The average molecular weight is 329 g/mol. The molecule has 1 N–H and O–H groups in total. The normalized spacial score (nSPS) is 10.8. The van der Waals surface area contributed by atoms with Crippen LogP contribution in [-0.4, -0.2) is 23.2 Å². The monoisotopic (exact) mass is 329 g/mol. The molecule has 24 heavy (non-hydrogen) atoms. The molecule has 0 amide bonds. The number of aromatic nitrogens is 1. The lowest BCUT2D eigenvalue weighted by Gasteiger charge is -2.12. The second-order valence-electron chi connectivity index (χ2n) is 5.29. The van der Waals surface area contributed by atoms with E-state index in [-0.39, 0.29) is 22.4 Å². The maximum Gasteiger partial charge on any atom is 0.335 e. The van der Waals surface area contributed by atoms with Gasteiger partial charge < -0.3 is 9.84 Å². The van der Waals surface area contributed by atoms with Crippen LogP contribution < -0.4 is 4.74 Å². The van der Waals surface area contributed by atoms with Crippen LogP contribution >= 0.6 is 0 Å². The van der Waals surface area contributed by atoms with E-state index >= 15 is 0 Å². The second kappa shape index (κ2) is 5.88. The fourth-order valence-corrected chi connectivity index (χ4v) is 2.71. The van der Waals surface area contributed by atoms with Crippen molar-refractivity contribution < 1.29 is 23.4 Å². The first-order valence-electron chi connectivity index (χ1n) is 7.09. The van der Waals surface area contributed by atoms with Gasteiger partial charge >= 0.3 is 5.97 Å². The van der Waals surface area contributed by atoms with Gasteiger partial charge in [0, 0.05) is 11.6 Å². The first kappa shape index (κ1) is 15.9. The Morgan fingerprint density at radius 3 is 2.62 bits per heavy atom. The van der Waals surface area contributed by atoms with Gasteiger partial charge in [-0.15, -0.1) is 0 Å². The maximum absolute atomic E-state index is 14.6. The van der Waals surface area contributed by atoms with Crippen LogP contribution in [0.5, 0.6) is 5.75 Å². The van der Waals surface area contributed by atoms with Crippen LogP contribution in [0, 0.1) is 18.6 Å². The molecule has 0 spiro atoms. The number of fused-ring (bicyclic) bond motifs is 1. The third-order valence-corrected chi connectivity index (χ3v) is 3.83. The summed E-state index contributed by atoms with van der Waals surface area (Å²) in [7, 11) is 1.29. The molecule has 0 aliphatic heterocycles. The number of rotatable bonds is 3. The largest absolute Gasteiger partial charge is 0.494 e. The second-order valence-corrected chi connectivity index (χ2v) is 5.29. The van der Waals surface area contributed by atoms with Crippen molar-refractivity contribution in [2.24, 2.45) is 0 Å². The molecule has 0 radical (unpaired) electrons. The van der Waals surface area contributed by atoms with Crippen molar-refractivity contribution in [3.05, 3.63) is 59.3 Å². The summed E-state index contributed by atoms with van der Waals surface area (Å²) in [5.41, 5.74) is 1.07. The zero-order chi connectivity index (χ0) is 17.4. The highest BCUT2D eigenvalue weighted by molar-refractivity contribution is 6.01. The topological polar surface area (TPSA) is 59.4 Å². The standard InChI is InChI=1S/C18H13F2NO3/c1-9-7-10(18(22)23)8-12-11(5-6-21-17(9)12)15-13(19)3-4-14(24-2)16(15)20/h3-8H,1-2H3,(H,22,23). The molecule has 6 heteroatoms. The molecule has 0 aliphatic carbocycles. The van der Waals surface area contributed by atoms with Gasteiger partial charge in [-0.05, 0) is 48.4 Å². The van der Waals surface area contributed by atoms with Gasteiger partial charge in [0.2, 0.25) is 0 Å². The van der Waals surface area contributed by atoms with Gasteiger partial charge in [0.1, 0.15) is 5.82 Å². The Bertz CT molecular complexity index is 970. The molecule has 1 aromatic heterocycles. The molecule has 4 nitrogen and oxygen atoms in total. The smallest absolute Gasteiger partial charge is 0.335 e. The number of benzene rings is 2. The molecule has 122 valence electrons. The summed E-state index contributed by atoms with van der Waals surface area (Å²) in [5.74, 6) is -2.83. The Morgan fingerprint density at radius 2 is 1.96 bits per heavy atom. The van der Waals surface area contributed by atoms with E-state index in [9.17, 15) is 18.7 Å². The number of carbonyl (C=O) groups is 1. The first-order chi connectivity index (χ1) is 11.4. The number of ether oxygens (including phenoxy) is 1. The van der Waals surface area contributed by atoms with Gasteiger partial charge in [0.25, 0.3) is 0 Å². The maximum atomic E-state index is 14.6. The first-order valence-corrected chi connectivity index (χ1v) is 7.09. The van der Waals surface area contributed by atoms with E-state index in [1.807, 2.05) is 0 Å². The number of aryl methyl sites for hydroxylation is 1. The lowest BCUT2D eigenvalue weighted by atomic mass is 9.96. The van der Waals surface area contributed by atoms with Crippen molar-refractivity contribution in [3.8, 4) is 16.9 Å². The van der Waals surface area contributed by atoms with Crippen molar-refractivity contribution in [2.75, 3.05) is 7.11 Å². The molecular weight excluding hydrogens is 316 g/mol. The number of halogens is 2. The molecule has 0 bridgehead atoms. The molecular formula is C18H13F2NO3. The third-order valence-electron chi connectivity index (χ3n) is 3.83. The van der Waals surface area contributed by atoms with Gasteiger partial charge in [-0.2, -0.15) is 0 Å². The Morgan fingerprint density at radius 1 is 1.21 bits per heavy atom. The van der Waals surface area contributed by atoms with Crippen LogP contribution in [0.3, 0.4) is 0 Å². The van der Waals surface area contributed by atoms with E-state index in [1.165, 1.54) is 37.6 Å². The summed E-state index contributed by atoms with van der Waals surface area (Å²) in [4.78, 5) is 15.5. The molecule has 0 fully saturated rings. The molecule has 2 aromatic carbocycles. The van der Waals surface area contributed by atoms with Crippen molar-refractivity contribution in [1.82, 2.24) is 4.98 Å². The fourth-order valence-electron chi connectivity index (χ4n) is 2.71. The highest BCUT2D eigenvalue weighted by atomic mass is 19.1. The van der Waals surface area contributed by atoms with E-state index in [4.69, 9.17) is 4.74 Å². The van der Waals surface area contributed by atoms with Crippen LogP contribution in [0.4, 0.5) is 8.78 Å².